The van der Waals surface area contributed by atoms with Gasteiger partial charge in [-0.25, -0.2) is 0 Å². The van der Waals surface area contributed by atoms with Gasteiger partial charge in [0.1, 0.15) is 6.10 Å². The Morgan fingerprint density at radius 2 is 1.26 bits per heavy atom. The summed E-state index contributed by atoms with van der Waals surface area (Å²) in [7, 11) is 0. The van der Waals surface area contributed by atoms with E-state index in [0.29, 0.717) is 26.4 Å². The van der Waals surface area contributed by atoms with Crippen molar-refractivity contribution >= 4 is 0 Å². The van der Waals surface area contributed by atoms with E-state index < -0.39 is 0 Å². The summed E-state index contributed by atoms with van der Waals surface area (Å²) in [6.07, 6.45) is 7.94. The van der Waals surface area contributed by atoms with E-state index in [4.69, 9.17) is 24.4 Å². The van der Waals surface area contributed by atoms with E-state index in [9.17, 15) is 0 Å². The van der Waals surface area contributed by atoms with Gasteiger partial charge in [0.15, 0.2) is 0 Å². The second-order valence-electron chi connectivity index (χ2n) is 6.84. The van der Waals surface area contributed by atoms with Crippen molar-refractivity contribution in [1.29, 1.82) is 0 Å². The summed E-state index contributed by atoms with van der Waals surface area (Å²) in [5, 5.41) is 17.6. The minimum atomic E-state index is -0.0519. The summed E-state index contributed by atoms with van der Waals surface area (Å²) in [4.78, 5) is 0. The SMILES string of the molecule is OCCCCCCOCC(COCc1ccccc1)OCCCCCCO. The molecule has 1 aromatic rings. The Balaban J connectivity index is 2.19. The zero-order chi connectivity index (χ0) is 19.4. The molecule has 27 heavy (non-hydrogen) atoms. The van der Waals surface area contributed by atoms with Gasteiger partial charge in [-0.1, -0.05) is 56.0 Å². The van der Waals surface area contributed by atoms with Crippen LogP contribution >= 0.6 is 0 Å². The van der Waals surface area contributed by atoms with E-state index in [1.165, 1.54) is 0 Å². The fourth-order valence-electron chi connectivity index (χ4n) is 2.73. The summed E-state index contributed by atoms with van der Waals surface area (Å²) in [5.41, 5.74) is 1.16. The molecule has 0 fully saturated rings. The molecule has 0 saturated heterocycles. The average molecular weight is 383 g/mol. The molecule has 0 aliphatic heterocycles. The van der Waals surface area contributed by atoms with Crippen molar-refractivity contribution in [2.24, 2.45) is 0 Å². The normalized spacial score (nSPS) is 12.4. The Labute approximate surface area is 164 Å². The number of hydrogen-bond donors (Lipinski definition) is 2. The highest BCUT2D eigenvalue weighted by Gasteiger charge is 2.10. The van der Waals surface area contributed by atoms with Gasteiger partial charge >= 0.3 is 0 Å². The molecule has 0 spiro atoms. The largest absolute Gasteiger partial charge is 0.396 e. The monoisotopic (exact) mass is 382 g/mol. The van der Waals surface area contributed by atoms with Crippen LogP contribution in [-0.2, 0) is 20.8 Å². The highest BCUT2D eigenvalue weighted by molar-refractivity contribution is 5.13. The second-order valence-corrected chi connectivity index (χ2v) is 6.84. The highest BCUT2D eigenvalue weighted by atomic mass is 16.6. The van der Waals surface area contributed by atoms with Crippen LogP contribution in [0.2, 0.25) is 0 Å². The molecule has 1 aromatic carbocycles. The summed E-state index contributed by atoms with van der Waals surface area (Å²) in [6, 6.07) is 10.1. The summed E-state index contributed by atoms with van der Waals surface area (Å²) >= 11 is 0. The third-order valence-electron chi connectivity index (χ3n) is 4.32. The average Bonchev–Trinajstić information content (AvgIpc) is 2.70. The van der Waals surface area contributed by atoms with Crippen molar-refractivity contribution < 1.29 is 24.4 Å². The molecule has 0 saturated carbocycles. The van der Waals surface area contributed by atoms with Crippen LogP contribution in [0.15, 0.2) is 30.3 Å². The Bertz CT molecular complexity index is 412. The van der Waals surface area contributed by atoms with Crippen molar-refractivity contribution in [3.63, 3.8) is 0 Å². The number of rotatable bonds is 19. The topological polar surface area (TPSA) is 68.2 Å². The predicted octanol–water partition coefficient (Wildman–Crippen LogP) is 3.71. The van der Waals surface area contributed by atoms with Crippen molar-refractivity contribution in [3.8, 4) is 0 Å². The van der Waals surface area contributed by atoms with E-state index >= 15 is 0 Å². The Morgan fingerprint density at radius 1 is 0.667 bits per heavy atom. The van der Waals surface area contributed by atoms with Crippen LogP contribution in [0.4, 0.5) is 0 Å². The molecular formula is C22H38O5. The van der Waals surface area contributed by atoms with Gasteiger partial charge in [-0.2, -0.15) is 0 Å². The third kappa shape index (κ3) is 14.7. The third-order valence-corrected chi connectivity index (χ3v) is 4.32. The van der Waals surface area contributed by atoms with Crippen LogP contribution in [0.1, 0.15) is 56.9 Å². The molecule has 1 atom stereocenters. The van der Waals surface area contributed by atoms with E-state index in [0.717, 1.165) is 63.5 Å². The van der Waals surface area contributed by atoms with E-state index in [2.05, 4.69) is 12.1 Å². The van der Waals surface area contributed by atoms with Crippen molar-refractivity contribution in [2.45, 2.75) is 64.1 Å². The fourth-order valence-corrected chi connectivity index (χ4v) is 2.73. The molecule has 156 valence electrons. The molecule has 0 bridgehead atoms. The van der Waals surface area contributed by atoms with Gasteiger partial charge in [0.05, 0.1) is 19.8 Å². The highest BCUT2D eigenvalue weighted by Crippen LogP contribution is 2.06. The van der Waals surface area contributed by atoms with Crippen LogP contribution in [-0.4, -0.2) is 56.0 Å². The van der Waals surface area contributed by atoms with Gasteiger partial charge in [-0.3, -0.25) is 0 Å². The van der Waals surface area contributed by atoms with Gasteiger partial charge in [-0.05, 0) is 31.2 Å². The molecular weight excluding hydrogens is 344 g/mol. The molecule has 1 unspecified atom stereocenters. The molecule has 0 aliphatic rings. The minimum Gasteiger partial charge on any atom is -0.396 e. The van der Waals surface area contributed by atoms with Crippen molar-refractivity contribution in [2.75, 3.05) is 39.6 Å². The Hall–Kier alpha value is -0.980. The second kappa shape index (κ2) is 18.4. The van der Waals surface area contributed by atoms with Gasteiger partial charge in [0.25, 0.3) is 0 Å². The minimum absolute atomic E-state index is 0.0519. The quantitative estimate of drug-likeness (QED) is 0.357. The lowest BCUT2D eigenvalue weighted by molar-refractivity contribution is -0.0645. The van der Waals surface area contributed by atoms with Crippen LogP contribution in [0.3, 0.4) is 0 Å². The fraction of sp³-hybridized carbons (Fsp3) is 0.727. The first-order chi connectivity index (χ1) is 13.4. The standard InChI is InChI=1S/C22H38O5/c23-14-8-1-3-10-16-25-19-22(27-17-11-4-2-9-15-24)20-26-18-21-12-6-5-7-13-21/h5-7,12-13,22-24H,1-4,8-11,14-20H2. The number of hydrogen-bond acceptors (Lipinski definition) is 5. The molecule has 0 radical (unpaired) electrons. The summed E-state index contributed by atoms with van der Waals surface area (Å²) in [6.45, 7) is 3.61. The maximum atomic E-state index is 8.81. The van der Waals surface area contributed by atoms with Crippen LogP contribution in [0.25, 0.3) is 0 Å². The first kappa shape index (κ1) is 24.1. The molecule has 1 rings (SSSR count). The maximum Gasteiger partial charge on any atom is 0.104 e. The predicted molar refractivity (Wildman–Crippen MR) is 108 cm³/mol. The van der Waals surface area contributed by atoms with Gasteiger partial charge in [0.2, 0.25) is 0 Å². The van der Waals surface area contributed by atoms with E-state index in [1.807, 2.05) is 18.2 Å². The maximum absolute atomic E-state index is 8.81. The number of unbranched alkanes of at least 4 members (excludes halogenated alkanes) is 6. The first-order valence-corrected chi connectivity index (χ1v) is 10.4. The van der Waals surface area contributed by atoms with Gasteiger partial charge < -0.3 is 24.4 Å². The summed E-state index contributed by atoms with van der Waals surface area (Å²) < 4.78 is 17.6. The molecule has 0 aromatic heterocycles. The van der Waals surface area contributed by atoms with Crippen LogP contribution in [0, 0.1) is 0 Å². The smallest absolute Gasteiger partial charge is 0.104 e. The zero-order valence-corrected chi connectivity index (χ0v) is 16.7. The zero-order valence-electron chi connectivity index (χ0n) is 16.7. The lowest BCUT2D eigenvalue weighted by Gasteiger charge is -2.18. The van der Waals surface area contributed by atoms with Crippen molar-refractivity contribution in [3.05, 3.63) is 35.9 Å². The van der Waals surface area contributed by atoms with Gasteiger partial charge in [0, 0.05) is 26.4 Å². The van der Waals surface area contributed by atoms with E-state index in [1.54, 1.807) is 0 Å². The van der Waals surface area contributed by atoms with Crippen molar-refractivity contribution in [1.82, 2.24) is 0 Å². The summed E-state index contributed by atoms with van der Waals surface area (Å²) in [5.74, 6) is 0. The number of aliphatic hydroxyl groups is 2. The molecule has 0 amide bonds. The molecule has 0 aliphatic carbocycles. The van der Waals surface area contributed by atoms with Gasteiger partial charge in [-0.15, -0.1) is 0 Å². The molecule has 2 N–H and O–H groups in total. The Kier molecular flexibility index (Phi) is 16.4. The number of ether oxygens (including phenoxy) is 3. The number of aliphatic hydroxyl groups excluding tert-OH is 2. The Morgan fingerprint density at radius 3 is 1.93 bits per heavy atom. The number of benzene rings is 1. The lowest BCUT2D eigenvalue weighted by atomic mass is 10.2. The lowest BCUT2D eigenvalue weighted by Crippen LogP contribution is -2.26. The molecule has 0 heterocycles. The molecule has 5 heteroatoms. The first-order valence-electron chi connectivity index (χ1n) is 10.4. The van der Waals surface area contributed by atoms with Crippen LogP contribution in [0.5, 0.6) is 0 Å². The van der Waals surface area contributed by atoms with E-state index in [-0.39, 0.29) is 19.3 Å². The van der Waals surface area contributed by atoms with Crippen LogP contribution < -0.4 is 0 Å². The molecule has 5 nitrogen and oxygen atoms in total.